The standard InChI is InChI=1S/C5H10N2O2/c6-5(3-7(8)9)4-1-2-4/h4-5H,1-3,6H2/t5-/m0/s1. The normalized spacial score (nSPS) is 21.4. The van der Waals surface area contributed by atoms with E-state index in [1.165, 1.54) is 0 Å². The van der Waals surface area contributed by atoms with Gasteiger partial charge in [0, 0.05) is 4.92 Å². The van der Waals surface area contributed by atoms with E-state index in [2.05, 4.69) is 0 Å². The maximum Gasteiger partial charge on any atom is 0.219 e. The largest absolute Gasteiger partial charge is 0.322 e. The predicted octanol–water partition coefficient (Wildman–Crippen LogP) is 0.000400. The molecule has 0 aromatic carbocycles. The van der Waals surface area contributed by atoms with Gasteiger partial charge in [0.15, 0.2) is 0 Å². The fourth-order valence-electron chi connectivity index (χ4n) is 0.846. The van der Waals surface area contributed by atoms with Crippen LogP contribution in [0, 0.1) is 16.0 Å². The Morgan fingerprint density at radius 3 is 2.67 bits per heavy atom. The van der Waals surface area contributed by atoms with Crippen LogP contribution in [0.15, 0.2) is 0 Å². The van der Waals surface area contributed by atoms with Crippen LogP contribution in [0.4, 0.5) is 0 Å². The van der Waals surface area contributed by atoms with Crippen LogP contribution < -0.4 is 5.73 Å². The quantitative estimate of drug-likeness (QED) is 0.432. The Kier molecular flexibility index (Phi) is 1.66. The second kappa shape index (κ2) is 2.31. The molecule has 4 heteroatoms. The van der Waals surface area contributed by atoms with Gasteiger partial charge < -0.3 is 5.73 Å². The molecule has 0 aromatic rings. The van der Waals surface area contributed by atoms with E-state index < -0.39 is 0 Å². The number of rotatable bonds is 3. The molecule has 0 aliphatic heterocycles. The van der Waals surface area contributed by atoms with Crippen molar-refractivity contribution in [1.29, 1.82) is 0 Å². The molecule has 1 aliphatic carbocycles. The summed E-state index contributed by atoms with van der Waals surface area (Å²) < 4.78 is 0. The summed E-state index contributed by atoms with van der Waals surface area (Å²) in [5, 5.41) is 9.87. The van der Waals surface area contributed by atoms with Gasteiger partial charge in [-0.3, -0.25) is 10.1 Å². The first kappa shape index (κ1) is 6.48. The number of hydrogen-bond donors (Lipinski definition) is 1. The molecule has 0 spiro atoms. The van der Waals surface area contributed by atoms with Gasteiger partial charge in [-0.05, 0) is 18.8 Å². The second-order valence-corrected chi connectivity index (χ2v) is 2.52. The van der Waals surface area contributed by atoms with Crippen LogP contribution in [0.2, 0.25) is 0 Å². The van der Waals surface area contributed by atoms with E-state index in [9.17, 15) is 10.1 Å². The molecule has 0 saturated heterocycles. The smallest absolute Gasteiger partial charge is 0.219 e. The topological polar surface area (TPSA) is 69.2 Å². The Balaban J connectivity index is 2.17. The van der Waals surface area contributed by atoms with Crippen molar-refractivity contribution in [2.45, 2.75) is 18.9 Å². The number of nitro groups is 1. The SMILES string of the molecule is N[C@@H](C[N+](=O)[O-])C1CC1. The van der Waals surface area contributed by atoms with E-state index in [1.807, 2.05) is 0 Å². The minimum atomic E-state index is -0.344. The molecular formula is C5H10N2O2. The zero-order valence-corrected chi connectivity index (χ0v) is 5.12. The van der Waals surface area contributed by atoms with Gasteiger partial charge in [0.25, 0.3) is 0 Å². The Morgan fingerprint density at radius 1 is 1.78 bits per heavy atom. The molecular weight excluding hydrogens is 120 g/mol. The van der Waals surface area contributed by atoms with Crippen molar-refractivity contribution in [2.24, 2.45) is 11.7 Å². The lowest BCUT2D eigenvalue weighted by molar-refractivity contribution is -0.483. The number of nitrogens with two attached hydrogens (primary N) is 1. The molecule has 52 valence electrons. The van der Waals surface area contributed by atoms with Gasteiger partial charge in [-0.2, -0.15) is 0 Å². The Morgan fingerprint density at radius 2 is 2.33 bits per heavy atom. The van der Waals surface area contributed by atoms with Gasteiger partial charge in [-0.25, -0.2) is 0 Å². The van der Waals surface area contributed by atoms with Crippen molar-refractivity contribution < 1.29 is 4.92 Å². The Bertz CT molecular complexity index is 122. The molecule has 1 atom stereocenters. The van der Waals surface area contributed by atoms with Crippen molar-refractivity contribution >= 4 is 0 Å². The molecule has 1 saturated carbocycles. The van der Waals surface area contributed by atoms with E-state index in [0.717, 1.165) is 12.8 Å². The van der Waals surface area contributed by atoms with E-state index in [4.69, 9.17) is 5.73 Å². The number of nitrogens with zero attached hydrogens (tertiary/aromatic N) is 1. The van der Waals surface area contributed by atoms with Crippen LogP contribution in [0.5, 0.6) is 0 Å². The van der Waals surface area contributed by atoms with E-state index >= 15 is 0 Å². The first-order valence-corrected chi connectivity index (χ1v) is 3.07. The van der Waals surface area contributed by atoms with E-state index in [-0.39, 0.29) is 17.5 Å². The van der Waals surface area contributed by atoms with Crippen LogP contribution >= 0.6 is 0 Å². The molecule has 0 unspecified atom stereocenters. The number of hydrogen-bond acceptors (Lipinski definition) is 3. The highest BCUT2D eigenvalue weighted by Gasteiger charge is 2.31. The molecule has 9 heavy (non-hydrogen) atoms. The molecule has 4 nitrogen and oxygen atoms in total. The molecule has 0 aromatic heterocycles. The molecule has 0 amide bonds. The van der Waals surface area contributed by atoms with Crippen molar-refractivity contribution in [1.82, 2.24) is 0 Å². The zero-order valence-electron chi connectivity index (χ0n) is 5.12. The lowest BCUT2D eigenvalue weighted by Gasteiger charge is -2.01. The molecule has 2 N–H and O–H groups in total. The predicted molar refractivity (Wildman–Crippen MR) is 32.6 cm³/mol. The molecule has 0 bridgehead atoms. The van der Waals surface area contributed by atoms with Crippen LogP contribution in [0.3, 0.4) is 0 Å². The second-order valence-electron chi connectivity index (χ2n) is 2.52. The van der Waals surface area contributed by atoms with Crippen LogP contribution in [0.25, 0.3) is 0 Å². The van der Waals surface area contributed by atoms with Gasteiger partial charge >= 0.3 is 0 Å². The summed E-state index contributed by atoms with van der Waals surface area (Å²) in [6.45, 7) is -0.0648. The van der Waals surface area contributed by atoms with Gasteiger partial charge in [0.05, 0.1) is 6.04 Å². The molecule has 0 radical (unpaired) electrons. The minimum Gasteiger partial charge on any atom is -0.322 e. The van der Waals surface area contributed by atoms with Gasteiger partial charge in [-0.1, -0.05) is 0 Å². The molecule has 1 rings (SSSR count). The maximum absolute atomic E-state index is 9.87. The van der Waals surface area contributed by atoms with Gasteiger partial charge in [0.1, 0.15) is 0 Å². The van der Waals surface area contributed by atoms with Gasteiger partial charge in [-0.15, -0.1) is 0 Å². The summed E-state index contributed by atoms with van der Waals surface area (Å²) in [7, 11) is 0. The average molecular weight is 130 g/mol. The summed E-state index contributed by atoms with van der Waals surface area (Å²) in [6.07, 6.45) is 2.16. The first-order valence-electron chi connectivity index (χ1n) is 3.07. The molecule has 0 heterocycles. The van der Waals surface area contributed by atoms with Crippen molar-refractivity contribution in [3.63, 3.8) is 0 Å². The summed E-state index contributed by atoms with van der Waals surface area (Å²) in [5.41, 5.74) is 5.44. The molecule has 1 aliphatic rings. The fraction of sp³-hybridized carbons (Fsp3) is 1.00. The maximum atomic E-state index is 9.87. The first-order chi connectivity index (χ1) is 4.20. The third-order valence-corrected chi connectivity index (χ3v) is 1.59. The third kappa shape index (κ3) is 1.97. The summed E-state index contributed by atoms with van der Waals surface area (Å²) >= 11 is 0. The minimum absolute atomic E-state index is 0.0648. The monoisotopic (exact) mass is 130 g/mol. The molecule has 1 fully saturated rings. The highest BCUT2D eigenvalue weighted by atomic mass is 16.6. The van der Waals surface area contributed by atoms with Crippen LogP contribution in [-0.4, -0.2) is 17.5 Å². The Hall–Kier alpha value is -0.640. The lowest BCUT2D eigenvalue weighted by Crippen LogP contribution is -2.30. The van der Waals surface area contributed by atoms with E-state index in [0.29, 0.717) is 5.92 Å². The van der Waals surface area contributed by atoms with Crippen LogP contribution in [0.1, 0.15) is 12.8 Å². The van der Waals surface area contributed by atoms with Crippen molar-refractivity contribution in [3.8, 4) is 0 Å². The summed E-state index contributed by atoms with van der Waals surface area (Å²) in [6, 6.07) is -0.194. The summed E-state index contributed by atoms with van der Waals surface area (Å²) in [5.74, 6) is 0.440. The van der Waals surface area contributed by atoms with E-state index in [1.54, 1.807) is 0 Å². The van der Waals surface area contributed by atoms with Gasteiger partial charge in [0.2, 0.25) is 6.54 Å². The Labute approximate surface area is 53.2 Å². The van der Waals surface area contributed by atoms with Crippen molar-refractivity contribution in [3.05, 3.63) is 10.1 Å². The highest BCUT2D eigenvalue weighted by Crippen LogP contribution is 2.31. The highest BCUT2D eigenvalue weighted by molar-refractivity contribution is 4.83. The average Bonchev–Trinajstić information content (AvgIpc) is 2.40. The third-order valence-electron chi connectivity index (χ3n) is 1.59. The van der Waals surface area contributed by atoms with Crippen LogP contribution in [-0.2, 0) is 0 Å². The zero-order chi connectivity index (χ0) is 6.85. The van der Waals surface area contributed by atoms with Crippen molar-refractivity contribution in [2.75, 3.05) is 6.54 Å². The summed E-state index contributed by atoms with van der Waals surface area (Å²) in [4.78, 5) is 9.52. The lowest BCUT2D eigenvalue weighted by atomic mass is 10.2. The fourth-order valence-corrected chi connectivity index (χ4v) is 0.846.